The lowest BCUT2D eigenvalue weighted by molar-refractivity contribution is -0.383. The van der Waals surface area contributed by atoms with Crippen LogP contribution in [-0.4, -0.2) is 9.91 Å². The molecule has 0 bridgehead atoms. The van der Waals surface area contributed by atoms with Crippen LogP contribution in [0.5, 0.6) is 0 Å². The number of hydrogen-bond acceptors (Lipinski definition) is 6. The van der Waals surface area contributed by atoms with Gasteiger partial charge in [-0.25, -0.2) is 4.98 Å². The Kier molecular flexibility index (Phi) is 3.75. The standard InChI is InChI=1S/C12H13N3O3S/c1-7-8(2)18-12(14-7)19-6-9-4-3-5-10(11(9)13)15(16)17/h3-5H,6,13H2,1-2H3. The van der Waals surface area contributed by atoms with Crippen molar-refractivity contribution in [2.24, 2.45) is 0 Å². The summed E-state index contributed by atoms with van der Waals surface area (Å²) in [5.74, 6) is 1.25. The van der Waals surface area contributed by atoms with Crippen LogP contribution in [0.1, 0.15) is 17.0 Å². The van der Waals surface area contributed by atoms with Gasteiger partial charge >= 0.3 is 0 Å². The second-order valence-corrected chi connectivity index (χ2v) is 4.94. The van der Waals surface area contributed by atoms with Crippen LogP contribution < -0.4 is 5.73 Å². The summed E-state index contributed by atoms with van der Waals surface area (Å²) in [7, 11) is 0. The molecule has 2 N–H and O–H groups in total. The number of benzene rings is 1. The third-order valence-electron chi connectivity index (χ3n) is 2.73. The summed E-state index contributed by atoms with van der Waals surface area (Å²) >= 11 is 1.36. The van der Waals surface area contributed by atoms with Gasteiger partial charge in [0, 0.05) is 11.8 Å². The summed E-state index contributed by atoms with van der Waals surface area (Å²) in [4.78, 5) is 14.5. The van der Waals surface area contributed by atoms with Crippen LogP contribution in [-0.2, 0) is 5.75 Å². The number of anilines is 1. The topological polar surface area (TPSA) is 95.2 Å². The van der Waals surface area contributed by atoms with Crippen LogP contribution in [0.3, 0.4) is 0 Å². The lowest BCUT2D eigenvalue weighted by Crippen LogP contribution is -1.99. The molecule has 1 heterocycles. The number of nitro groups is 1. The first kappa shape index (κ1) is 13.4. The first-order valence-corrected chi connectivity index (χ1v) is 6.56. The second-order valence-electron chi connectivity index (χ2n) is 4.02. The van der Waals surface area contributed by atoms with E-state index >= 15 is 0 Å². The van der Waals surface area contributed by atoms with Crippen molar-refractivity contribution in [3.63, 3.8) is 0 Å². The Balaban J connectivity index is 2.16. The minimum Gasteiger partial charge on any atom is -0.437 e. The van der Waals surface area contributed by atoms with Gasteiger partial charge in [-0.3, -0.25) is 10.1 Å². The van der Waals surface area contributed by atoms with E-state index in [4.69, 9.17) is 10.2 Å². The number of aryl methyl sites for hydroxylation is 2. The van der Waals surface area contributed by atoms with Gasteiger partial charge in [0.1, 0.15) is 11.4 Å². The fraction of sp³-hybridized carbons (Fsp3) is 0.250. The number of rotatable bonds is 4. The normalized spacial score (nSPS) is 10.6. The molecule has 0 fully saturated rings. The van der Waals surface area contributed by atoms with Crippen molar-refractivity contribution >= 4 is 23.1 Å². The van der Waals surface area contributed by atoms with Crippen LogP contribution >= 0.6 is 11.8 Å². The van der Waals surface area contributed by atoms with E-state index in [0.717, 1.165) is 11.5 Å². The van der Waals surface area contributed by atoms with Gasteiger partial charge in [0.15, 0.2) is 0 Å². The van der Waals surface area contributed by atoms with E-state index in [-0.39, 0.29) is 11.4 Å². The molecule has 0 aliphatic rings. The van der Waals surface area contributed by atoms with Gasteiger partial charge in [0.25, 0.3) is 10.9 Å². The lowest BCUT2D eigenvalue weighted by atomic mass is 10.2. The molecular formula is C12H13N3O3S. The Morgan fingerprint density at radius 3 is 2.79 bits per heavy atom. The van der Waals surface area contributed by atoms with Crippen LogP contribution in [0.15, 0.2) is 27.8 Å². The van der Waals surface area contributed by atoms with E-state index in [0.29, 0.717) is 16.5 Å². The average Bonchev–Trinajstić information content (AvgIpc) is 2.67. The molecule has 1 aromatic carbocycles. The first-order valence-electron chi connectivity index (χ1n) is 5.57. The molecule has 0 spiro atoms. The summed E-state index contributed by atoms with van der Waals surface area (Å²) in [6.07, 6.45) is 0. The summed E-state index contributed by atoms with van der Waals surface area (Å²) in [5, 5.41) is 11.3. The van der Waals surface area contributed by atoms with Crippen LogP contribution in [0.4, 0.5) is 11.4 Å². The predicted octanol–water partition coefficient (Wildman–Crippen LogP) is 3.07. The zero-order valence-corrected chi connectivity index (χ0v) is 11.4. The van der Waals surface area contributed by atoms with Gasteiger partial charge in [-0.1, -0.05) is 23.9 Å². The molecule has 19 heavy (non-hydrogen) atoms. The van der Waals surface area contributed by atoms with Crippen LogP contribution in [0, 0.1) is 24.0 Å². The molecule has 0 aliphatic heterocycles. The number of nitrogen functional groups attached to an aromatic ring is 1. The summed E-state index contributed by atoms with van der Waals surface area (Å²) in [6.45, 7) is 3.71. The van der Waals surface area contributed by atoms with Gasteiger partial charge in [-0.2, -0.15) is 0 Å². The molecule has 7 heteroatoms. The summed E-state index contributed by atoms with van der Waals surface area (Å²) < 4.78 is 5.43. The molecule has 0 saturated carbocycles. The quantitative estimate of drug-likeness (QED) is 0.400. The fourth-order valence-corrected chi connectivity index (χ4v) is 2.45. The van der Waals surface area contributed by atoms with Crippen molar-refractivity contribution in [3.8, 4) is 0 Å². The maximum atomic E-state index is 10.8. The maximum Gasteiger partial charge on any atom is 0.292 e. The zero-order valence-electron chi connectivity index (χ0n) is 10.5. The van der Waals surface area contributed by atoms with Crippen molar-refractivity contribution in [3.05, 3.63) is 45.3 Å². The van der Waals surface area contributed by atoms with E-state index in [2.05, 4.69) is 4.98 Å². The number of oxazole rings is 1. The number of hydrogen-bond donors (Lipinski definition) is 1. The Labute approximate surface area is 114 Å². The molecule has 2 rings (SSSR count). The van der Waals surface area contributed by atoms with Crippen molar-refractivity contribution in [1.82, 2.24) is 4.98 Å². The Morgan fingerprint density at radius 2 is 2.21 bits per heavy atom. The van der Waals surface area contributed by atoms with Crippen molar-refractivity contribution in [2.75, 3.05) is 5.73 Å². The minimum absolute atomic E-state index is 0.0714. The van der Waals surface area contributed by atoms with Gasteiger partial charge in [0.2, 0.25) is 0 Å². The second kappa shape index (κ2) is 5.31. The molecule has 0 aliphatic carbocycles. The lowest BCUT2D eigenvalue weighted by Gasteiger charge is -2.04. The van der Waals surface area contributed by atoms with Gasteiger partial charge in [-0.05, 0) is 19.4 Å². The predicted molar refractivity (Wildman–Crippen MR) is 73.0 cm³/mol. The highest BCUT2D eigenvalue weighted by atomic mass is 32.2. The Bertz CT molecular complexity index is 605. The molecule has 6 nitrogen and oxygen atoms in total. The number of para-hydroxylation sites is 1. The number of aromatic nitrogens is 1. The van der Waals surface area contributed by atoms with E-state index in [1.54, 1.807) is 12.1 Å². The average molecular weight is 279 g/mol. The summed E-state index contributed by atoms with van der Waals surface area (Å²) in [5.41, 5.74) is 7.44. The Morgan fingerprint density at radius 1 is 1.47 bits per heavy atom. The first-order chi connectivity index (χ1) is 8.99. The van der Waals surface area contributed by atoms with Gasteiger partial charge in [-0.15, -0.1) is 0 Å². The highest BCUT2D eigenvalue weighted by Gasteiger charge is 2.15. The summed E-state index contributed by atoms with van der Waals surface area (Å²) in [6, 6.07) is 4.78. The largest absolute Gasteiger partial charge is 0.437 e. The van der Waals surface area contributed by atoms with Crippen LogP contribution in [0.25, 0.3) is 0 Å². The monoisotopic (exact) mass is 279 g/mol. The highest BCUT2D eigenvalue weighted by Crippen LogP contribution is 2.30. The van der Waals surface area contributed by atoms with Crippen molar-refractivity contribution < 1.29 is 9.34 Å². The van der Waals surface area contributed by atoms with Crippen molar-refractivity contribution in [2.45, 2.75) is 24.8 Å². The molecule has 0 saturated heterocycles. The number of nitrogens with two attached hydrogens (primary N) is 1. The van der Waals surface area contributed by atoms with Gasteiger partial charge in [0.05, 0.1) is 10.6 Å². The van der Waals surface area contributed by atoms with Crippen LogP contribution in [0.2, 0.25) is 0 Å². The van der Waals surface area contributed by atoms with E-state index < -0.39 is 4.92 Å². The third kappa shape index (κ3) is 2.87. The van der Waals surface area contributed by atoms with E-state index in [9.17, 15) is 10.1 Å². The number of nitrogens with zero attached hydrogens (tertiary/aromatic N) is 2. The molecule has 0 radical (unpaired) electrons. The van der Waals surface area contributed by atoms with E-state index in [1.165, 1.54) is 17.8 Å². The van der Waals surface area contributed by atoms with E-state index in [1.807, 2.05) is 13.8 Å². The SMILES string of the molecule is Cc1nc(SCc2cccc([N+](=O)[O-])c2N)oc1C. The molecule has 0 amide bonds. The third-order valence-corrected chi connectivity index (χ3v) is 3.61. The molecule has 0 unspecified atom stereocenters. The van der Waals surface area contributed by atoms with Gasteiger partial charge < -0.3 is 10.2 Å². The molecule has 2 aromatic rings. The number of nitro benzene ring substituents is 1. The maximum absolute atomic E-state index is 10.8. The fourth-order valence-electron chi connectivity index (χ4n) is 1.53. The molecule has 1 aromatic heterocycles. The molecule has 0 atom stereocenters. The number of thioether (sulfide) groups is 1. The Hall–Kier alpha value is -2.02. The smallest absolute Gasteiger partial charge is 0.292 e. The molecular weight excluding hydrogens is 266 g/mol. The minimum atomic E-state index is -0.483. The van der Waals surface area contributed by atoms with Crippen molar-refractivity contribution in [1.29, 1.82) is 0 Å². The molecule has 100 valence electrons. The zero-order chi connectivity index (χ0) is 14.0. The highest BCUT2D eigenvalue weighted by molar-refractivity contribution is 7.98.